The average molecular weight is 319 g/mol. The summed E-state index contributed by atoms with van der Waals surface area (Å²) in [5.74, 6) is 0. The Morgan fingerprint density at radius 3 is 2.62 bits per heavy atom. The number of hydrogen-bond acceptors (Lipinski definition) is 4. The van der Waals surface area contributed by atoms with Crippen LogP contribution in [0.3, 0.4) is 0 Å². The molecule has 2 fully saturated rings. The third-order valence-corrected chi connectivity index (χ3v) is 6.12. The first-order chi connectivity index (χ1) is 9.92. The third kappa shape index (κ3) is 4.63. The van der Waals surface area contributed by atoms with Crippen molar-refractivity contribution in [3.8, 4) is 0 Å². The second kappa shape index (κ2) is 7.37. The lowest BCUT2D eigenvalue weighted by Crippen LogP contribution is -2.57. The Labute approximate surface area is 128 Å². The molecule has 1 heterocycles. The van der Waals surface area contributed by atoms with Crippen molar-refractivity contribution in [1.82, 2.24) is 14.3 Å². The zero-order valence-electron chi connectivity index (χ0n) is 13.3. The first kappa shape index (κ1) is 17.1. The van der Waals surface area contributed by atoms with Crippen molar-refractivity contribution in [2.24, 2.45) is 0 Å². The summed E-state index contributed by atoms with van der Waals surface area (Å²) in [6, 6.07) is 0.469. The standard InChI is InChI=1S/C14H29N3O3S/c1-11(2)15-10-13-6-4-5-7-17(13)21(18,19)16-12-8-14(9-12)20-3/h11-16H,4-10H2,1-3H3. The molecule has 0 spiro atoms. The van der Waals surface area contributed by atoms with Gasteiger partial charge < -0.3 is 10.1 Å². The molecule has 2 rings (SSSR count). The van der Waals surface area contributed by atoms with Gasteiger partial charge in [0.15, 0.2) is 0 Å². The van der Waals surface area contributed by atoms with E-state index in [1.54, 1.807) is 11.4 Å². The van der Waals surface area contributed by atoms with Gasteiger partial charge in [-0.3, -0.25) is 0 Å². The van der Waals surface area contributed by atoms with Crippen LogP contribution in [-0.2, 0) is 14.9 Å². The molecule has 6 nitrogen and oxygen atoms in total. The zero-order valence-corrected chi connectivity index (χ0v) is 14.2. The molecule has 1 saturated heterocycles. The van der Waals surface area contributed by atoms with Crippen LogP contribution < -0.4 is 10.0 Å². The molecule has 7 heteroatoms. The highest BCUT2D eigenvalue weighted by molar-refractivity contribution is 7.87. The van der Waals surface area contributed by atoms with Crippen molar-refractivity contribution in [3.05, 3.63) is 0 Å². The maximum atomic E-state index is 12.6. The van der Waals surface area contributed by atoms with Gasteiger partial charge in [0.2, 0.25) is 0 Å². The minimum Gasteiger partial charge on any atom is -0.381 e. The van der Waals surface area contributed by atoms with Gasteiger partial charge in [-0.1, -0.05) is 20.3 Å². The van der Waals surface area contributed by atoms with E-state index < -0.39 is 10.2 Å². The van der Waals surface area contributed by atoms with Crippen LogP contribution in [0.25, 0.3) is 0 Å². The van der Waals surface area contributed by atoms with Crippen molar-refractivity contribution in [3.63, 3.8) is 0 Å². The molecular weight excluding hydrogens is 290 g/mol. The molecule has 0 bridgehead atoms. The first-order valence-corrected chi connectivity index (χ1v) is 9.41. The normalized spacial score (nSPS) is 31.3. The van der Waals surface area contributed by atoms with Gasteiger partial charge in [-0.15, -0.1) is 0 Å². The van der Waals surface area contributed by atoms with Crippen LogP contribution in [0.1, 0.15) is 46.0 Å². The van der Waals surface area contributed by atoms with E-state index in [2.05, 4.69) is 23.9 Å². The Kier molecular flexibility index (Phi) is 6.02. The van der Waals surface area contributed by atoms with Crippen molar-refractivity contribution in [2.45, 2.75) is 70.2 Å². The fourth-order valence-corrected chi connectivity index (χ4v) is 4.69. The largest absolute Gasteiger partial charge is 0.381 e. The van der Waals surface area contributed by atoms with Gasteiger partial charge in [0.25, 0.3) is 10.2 Å². The van der Waals surface area contributed by atoms with Gasteiger partial charge in [-0.05, 0) is 25.7 Å². The number of nitrogens with zero attached hydrogens (tertiary/aromatic N) is 1. The van der Waals surface area contributed by atoms with Crippen molar-refractivity contribution < 1.29 is 13.2 Å². The quantitative estimate of drug-likeness (QED) is 0.730. The third-order valence-electron chi connectivity index (χ3n) is 4.39. The van der Waals surface area contributed by atoms with Crippen molar-refractivity contribution in [2.75, 3.05) is 20.2 Å². The predicted octanol–water partition coefficient (Wildman–Crippen LogP) is 0.851. The highest BCUT2D eigenvalue weighted by Gasteiger charge is 2.37. The van der Waals surface area contributed by atoms with E-state index in [1.807, 2.05) is 0 Å². The molecule has 0 aromatic rings. The summed E-state index contributed by atoms with van der Waals surface area (Å²) >= 11 is 0. The molecule has 0 radical (unpaired) electrons. The summed E-state index contributed by atoms with van der Waals surface area (Å²) in [5, 5.41) is 3.36. The van der Waals surface area contributed by atoms with E-state index in [-0.39, 0.29) is 18.2 Å². The minimum absolute atomic E-state index is 0.0283. The van der Waals surface area contributed by atoms with Crippen LogP contribution >= 0.6 is 0 Å². The highest BCUT2D eigenvalue weighted by Crippen LogP contribution is 2.25. The van der Waals surface area contributed by atoms with Crippen LogP contribution in [-0.4, -0.2) is 57.2 Å². The topological polar surface area (TPSA) is 70.7 Å². The Morgan fingerprint density at radius 2 is 2.00 bits per heavy atom. The number of ether oxygens (including phenoxy) is 1. The lowest BCUT2D eigenvalue weighted by atomic mass is 9.90. The number of nitrogens with one attached hydrogen (secondary N) is 2. The Balaban J connectivity index is 1.92. The molecule has 21 heavy (non-hydrogen) atoms. The fourth-order valence-electron chi connectivity index (χ4n) is 3.00. The fraction of sp³-hybridized carbons (Fsp3) is 1.00. The number of rotatable bonds is 7. The van der Waals surface area contributed by atoms with Gasteiger partial charge in [0.05, 0.1) is 6.10 Å². The predicted molar refractivity (Wildman–Crippen MR) is 83.4 cm³/mol. The molecule has 1 saturated carbocycles. The molecule has 1 aliphatic carbocycles. The summed E-state index contributed by atoms with van der Waals surface area (Å²) in [4.78, 5) is 0. The number of hydrogen-bond donors (Lipinski definition) is 2. The number of piperidine rings is 1. The molecule has 0 aromatic heterocycles. The van der Waals surface area contributed by atoms with E-state index in [0.29, 0.717) is 12.6 Å². The van der Waals surface area contributed by atoms with E-state index in [4.69, 9.17) is 4.74 Å². The molecular formula is C14H29N3O3S. The zero-order chi connectivity index (χ0) is 15.5. The van der Waals surface area contributed by atoms with Gasteiger partial charge in [0.1, 0.15) is 0 Å². The molecule has 124 valence electrons. The van der Waals surface area contributed by atoms with Crippen LogP contribution in [0.5, 0.6) is 0 Å². The van der Waals surface area contributed by atoms with Gasteiger partial charge >= 0.3 is 0 Å². The van der Waals surface area contributed by atoms with Crippen LogP contribution in [0.4, 0.5) is 0 Å². The molecule has 0 amide bonds. The molecule has 1 aliphatic heterocycles. The minimum atomic E-state index is -3.38. The smallest absolute Gasteiger partial charge is 0.279 e. The van der Waals surface area contributed by atoms with E-state index in [1.165, 1.54) is 0 Å². The van der Waals surface area contributed by atoms with Gasteiger partial charge in [0, 0.05) is 38.3 Å². The second-order valence-corrected chi connectivity index (χ2v) is 8.13. The monoisotopic (exact) mass is 319 g/mol. The van der Waals surface area contributed by atoms with E-state index in [9.17, 15) is 8.42 Å². The molecule has 0 aromatic carbocycles. The van der Waals surface area contributed by atoms with Crippen molar-refractivity contribution in [1.29, 1.82) is 0 Å². The summed E-state index contributed by atoms with van der Waals surface area (Å²) in [7, 11) is -1.71. The average Bonchev–Trinajstić information content (AvgIpc) is 2.40. The van der Waals surface area contributed by atoms with E-state index >= 15 is 0 Å². The van der Waals surface area contributed by atoms with Crippen LogP contribution in [0.2, 0.25) is 0 Å². The molecule has 2 N–H and O–H groups in total. The Morgan fingerprint density at radius 1 is 1.29 bits per heavy atom. The lowest BCUT2D eigenvalue weighted by Gasteiger charge is -2.39. The van der Waals surface area contributed by atoms with E-state index in [0.717, 1.165) is 38.6 Å². The summed E-state index contributed by atoms with van der Waals surface area (Å²) in [5.41, 5.74) is 0. The molecule has 1 atom stereocenters. The maximum absolute atomic E-state index is 12.6. The molecule has 1 unspecified atom stereocenters. The molecule has 2 aliphatic rings. The highest BCUT2D eigenvalue weighted by atomic mass is 32.2. The van der Waals surface area contributed by atoms with Crippen LogP contribution in [0, 0.1) is 0 Å². The Hall–Kier alpha value is -0.210. The number of methoxy groups -OCH3 is 1. The van der Waals surface area contributed by atoms with Crippen LogP contribution in [0.15, 0.2) is 0 Å². The van der Waals surface area contributed by atoms with Gasteiger partial charge in [-0.2, -0.15) is 17.4 Å². The summed E-state index contributed by atoms with van der Waals surface area (Å²) < 4.78 is 34.9. The van der Waals surface area contributed by atoms with Crippen molar-refractivity contribution >= 4 is 10.2 Å². The van der Waals surface area contributed by atoms with Gasteiger partial charge in [-0.25, -0.2) is 0 Å². The Bertz CT molecular complexity index is 421. The lowest BCUT2D eigenvalue weighted by molar-refractivity contribution is 0.0229. The second-order valence-electron chi connectivity index (χ2n) is 6.47. The summed E-state index contributed by atoms with van der Waals surface area (Å²) in [6.45, 7) is 5.52. The SMILES string of the molecule is COC1CC(NS(=O)(=O)N2CCCCC2CNC(C)C)C1. The first-order valence-electron chi connectivity index (χ1n) is 7.97. The maximum Gasteiger partial charge on any atom is 0.279 e. The summed E-state index contributed by atoms with van der Waals surface area (Å²) in [6.07, 6.45) is 4.75.